The lowest BCUT2D eigenvalue weighted by Crippen LogP contribution is -2.31. The van der Waals surface area contributed by atoms with Crippen LogP contribution in [0.1, 0.15) is 24.2 Å². The molecule has 1 atom stereocenters. The van der Waals surface area contributed by atoms with E-state index in [4.69, 9.17) is 0 Å². The molecule has 0 aliphatic rings. The van der Waals surface area contributed by atoms with E-state index >= 15 is 0 Å². The number of aromatic nitrogens is 4. The second-order valence-electron chi connectivity index (χ2n) is 4.71. The standard InChI is InChI=1S/C12H16N6O3/c1-8-10(5-14-16(8)3)4-13-12(19)9(2)17-7-11(6-15-17)18(20)21/h5-7,9H,4H2,1-3H3,(H,13,19). The Hall–Kier alpha value is -2.71. The Bertz CT molecular complexity index is 674. The monoisotopic (exact) mass is 292 g/mol. The van der Waals surface area contributed by atoms with E-state index in [2.05, 4.69) is 15.5 Å². The van der Waals surface area contributed by atoms with Crippen molar-refractivity contribution in [3.05, 3.63) is 40.0 Å². The van der Waals surface area contributed by atoms with E-state index < -0.39 is 11.0 Å². The minimum absolute atomic E-state index is 0.141. The fourth-order valence-corrected chi connectivity index (χ4v) is 1.80. The summed E-state index contributed by atoms with van der Waals surface area (Å²) in [4.78, 5) is 22.1. The van der Waals surface area contributed by atoms with Gasteiger partial charge in [-0.25, -0.2) is 0 Å². The van der Waals surface area contributed by atoms with Crippen molar-refractivity contribution in [2.24, 2.45) is 7.05 Å². The van der Waals surface area contributed by atoms with Gasteiger partial charge in [0.15, 0.2) is 0 Å². The molecule has 0 aliphatic carbocycles. The summed E-state index contributed by atoms with van der Waals surface area (Å²) in [5, 5.41) is 21.3. The highest BCUT2D eigenvalue weighted by Gasteiger charge is 2.19. The van der Waals surface area contributed by atoms with E-state index in [9.17, 15) is 14.9 Å². The Kier molecular flexibility index (Phi) is 4.01. The minimum atomic E-state index is -0.629. The third-order valence-electron chi connectivity index (χ3n) is 3.36. The highest BCUT2D eigenvalue weighted by molar-refractivity contribution is 5.79. The molecule has 112 valence electrons. The molecular formula is C12H16N6O3. The maximum absolute atomic E-state index is 12.0. The molecule has 1 N–H and O–H groups in total. The average molecular weight is 292 g/mol. The lowest BCUT2D eigenvalue weighted by atomic mass is 10.2. The fraction of sp³-hybridized carbons (Fsp3) is 0.417. The highest BCUT2D eigenvalue weighted by Crippen LogP contribution is 2.13. The van der Waals surface area contributed by atoms with Crippen molar-refractivity contribution in [1.82, 2.24) is 24.9 Å². The average Bonchev–Trinajstić information content (AvgIpc) is 3.05. The van der Waals surface area contributed by atoms with Crippen LogP contribution in [0.25, 0.3) is 0 Å². The molecule has 9 heteroatoms. The van der Waals surface area contributed by atoms with Crippen molar-refractivity contribution in [1.29, 1.82) is 0 Å². The molecule has 1 unspecified atom stereocenters. The van der Waals surface area contributed by atoms with E-state index in [1.165, 1.54) is 10.9 Å². The maximum Gasteiger partial charge on any atom is 0.307 e. The van der Waals surface area contributed by atoms with E-state index in [-0.39, 0.29) is 11.6 Å². The molecule has 1 amide bonds. The topological polar surface area (TPSA) is 108 Å². The van der Waals surface area contributed by atoms with Gasteiger partial charge in [0, 0.05) is 24.8 Å². The van der Waals surface area contributed by atoms with E-state index in [0.717, 1.165) is 17.5 Å². The molecule has 0 radical (unpaired) electrons. The number of nitrogens with zero attached hydrogens (tertiary/aromatic N) is 5. The Morgan fingerprint density at radius 2 is 2.19 bits per heavy atom. The number of nitrogens with one attached hydrogen (secondary N) is 1. The van der Waals surface area contributed by atoms with Gasteiger partial charge in [0.25, 0.3) is 0 Å². The van der Waals surface area contributed by atoms with Gasteiger partial charge in [0.1, 0.15) is 18.4 Å². The van der Waals surface area contributed by atoms with Crippen LogP contribution in [-0.4, -0.2) is 30.4 Å². The first-order chi connectivity index (χ1) is 9.90. The Morgan fingerprint density at radius 3 is 2.71 bits per heavy atom. The zero-order valence-corrected chi connectivity index (χ0v) is 12.0. The van der Waals surface area contributed by atoms with E-state index in [1.807, 2.05) is 14.0 Å². The molecule has 9 nitrogen and oxygen atoms in total. The van der Waals surface area contributed by atoms with Gasteiger partial charge in [-0.05, 0) is 13.8 Å². The molecule has 2 rings (SSSR count). The molecule has 0 fully saturated rings. The van der Waals surface area contributed by atoms with Crippen LogP contribution in [0, 0.1) is 17.0 Å². The number of hydrogen-bond acceptors (Lipinski definition) is 5. The Labute approximate surface area is 120 Å². The summed E-state index contributed by atoms with van der Waals surface area (Å²) in [6, 6.07) is -0.629. The van der Waals surface area contributed by atoms with E-state index in [0.29, 0.717) is 6.54 Å². The van der Waals surface area contributed by atoms with Crippen molar-refractivity contribution >= 4 is 11.6 Å². The maximum atomic E-state index is 12.0. The van der Waals surface area contributed by atoms with Gasteiger partial charge in [-0.1, -0.05) is 0 Å². The summed E-state index contributed by atoms with van der Waals surface area (Å²) in [6.07, 6.45) is 4.05. The first kappa shape index (κ1) is 14.7. The number of amides is 1. The van der Waals surface area contributed by atoms with Gasteiger partial charge < -0.3 is 5.32 Å². The second-order valence-corrected chi connectivity index (χ2v) is 4.71. The lowest BCUT2D eigenvalue weighted by Gasteiger charge is -2.12. The molecule has 0 bridgehead atoms. The van der Waals surface area contributed by atoms with Gasteiger partial charge in [-0.3, -0.25) is 24.3 Å². The van der Waals surface area contributed by atoms with Gasteiger partial charge >= 0.3 is 5.69 Å². The summed E-state index contributed by atoms with van der Waals surface area (Å²) >= 11 is 0. The van der Waals surface area contributed by atoms with Crippen LogP contribution in [0.3, 0.4) is 0 Å². The van der Waals surface area contributed by atoms with Crippen LogP contribution >= 0.6 is 0 Å². The zero-order valence-electron chi connectivity index (χ0n) is 12.0. The number of nitro groups is 1. The smallest absolute Gasteiger partial charge is 0.307 e. The molecule has 0 aromatic carbocycles. The predicted molar refractivity (Wildman–Crippen MR) is 73.4 cm³/mol. The number of carbonyl (C=O) groups is 1. The van der Waals surface area contributed by atoms with Crippen molar-refractivity contribution in [3.8, 4) is 0 Å². The number of hydrogen-bond donors (Lipinski definition) is 1. The van der Waals surface area contributed by atoms with Crippen molar-refractivity contribution in [2.45, 2.75) is 26.4 Å². The molecular weight excluding hydrogens is 276 g/mol. The summed E-state index contributed by atoms with van der Waals surface area (Å²) in [5.41, 5.74) is 1.75. The number of rotatable bonds is 5. The number of carbonyl (C=O) groups excluding carboxylic acids is 1. The Balaban J connectivity index is 1.99. The van der Waals surface area contributed by atoms with Gasteiger partial charge in [-0.15, -0.1) is 0 Å². The lowest BCUT2D eigenvalue weighted by molar-refractivity contribution is -0.385. The molecule has 0 saturated carbocycles. The summed E-state index contributed by atoms with van der Waals surface area (Å²) in [5.74, 6) is -0.267. The molecule has 21 heavy (non-hydrogen) atoms. The SMILES string of the molecule is Cc1c(CNC(=O)C(C)n2cc([N+](=O)[O-])cn2)cnn1C. The molecule has 2 aromatic rings. The Morgan fingerprint density at radius 1 is 1.48 bits per heavy atom. The number of aryl methyl sites for hydroxylation is 1. The third-order valence-corrected chi connectivity index (χ3v) is 3.36. The fourth-order valence-electron chi connectivity index (χ4n) is 1.80. The van der Waals surface area contributed by atoms with Crippen molar-refractivity contribution < 1.29 is 9.72 Å². The molecule has 0 saturated heterocycles. The molecule has 0 spiro atoms. The van der Waals surface area contributed by atoms with E-state index in [1.54, 1.807) is 17.8 Å². The quantitative estimate of drug-likeness (QED) is 0.645. The van der Waals surface area contributed by atoms with Crippen LogP contribution < -0.4 is 5.32 Å². The first-order valence-electron chi connectivity index (χ1n) is 6.34. The van der Waals surface area contributed by atoms with Gasteiger partial charge in [-0.2, -0.15) is 10.2 Å². The largest absolute Gasteiger partial charge is 0.350 e. The third kappa shape index (κ3) is 3.07. The summed E-state index contributed by atoms with van der Waals surface area (Å²) in [6.45, 7) is 3.89. The molecule has 0 aliphatic heterocycles. The minimum Gasteiger partial charge on any atom is -0.350 e. The normalized spacial score (nSPS) is 12.1. The molecule has 2 heterocycles. The molecule has 2 aromatic heterocycles. The first-order valence-corrected chi connectivity index (χ1v) is 6.34. The predicted octanol–water partition coefficient (Wildman–Crippen LogP) is 0.711. The van der Waals surface area contributed by atoms with Crippen LogP contribution in [-0.2, 0) is 18.4 Å². The van der Waals surface area contributed by atoms with Crippen LogP contribution in [0.5, 0.6) is 0 Å². The van der Waals surface area contributed by atoms with Crippen LogP contribution in [0.15, 0.2) is 18.6 Å². The second kappa shape index (κ2) is 5.73. The zero-order chi connectivity index (χ0) is 15.6. The van der Waals surface area contributed by atoms with Crippen LogP contribution in [0.2, 0.25) is 0 Å². The summed E-state index contributed by atoms with van der Waals surface area (Å²) < 4.78 is 2.99. The van der Waals surface area contributed by atoms with Gasteiger partial charge in [0.2, 0.25) is 5.91 Å². The highest BCUT2D eigenvalue weighted by atomic mass is 16.6. The summed E-state index contributed by atoms with van der Waals surface area (Å²) in [7, 11) is 1.83. The van der Waals surface area contributed by atoms with Crippen molar-refractivity contribution in [3.63, 3.8) is 0 Å². The van der Waals surface area contributed by atoms with Gasteiger partial charge in [0.05, 0.1) is 11.1 Å². The van der Waals surface area contributed by atoms with Crippen molar-refractivity contribution in [2.75, 3.05) is 0 Å². The van der Waals surface area contributed by atoms with Crippen LogP contribution in [0.4, 0.5) is 5.69 Å².